The van der Waals surface area contributed by atoms with Gasteiger partial charge in [0.05, 0.1) is 0 Å². The summed E-state index contributed by atoms with van der Waals surface area (Å²) in [7, 11) is 0. The third-order valence-electron chi connectivity index (χ3n) is 5.00. The van der Waals surface area contributed by atoms with Crippen molar-refractivity contribution in [3.63, 3.8) is 0 Å². The lowest BCUT2D eigenvalue weighted by atomic mass is 9.98. The molecule has 0 aliphatic heterocycles. The minimum atomic E-state index is -1.14. The molecular weight excluding hydrogens is 386 g/mol. The van der Waals surface area contributed by atoms with Crippen LogP contribution in [0.5, 0.6) is 0 Å². The first-order valence-corrected chi connectivity index (χ1v) is 9.67. The molecule has 2 aromatic rings. The number of benzene rings is 2. The molecule has 0 saturated carbocycles. The van der Waals surface area contributed by atoms with E-state index in [1.807, 2.05) is 48.5 Å². The molecule has 156 valence electrons. The molecule has 30 heavy (non-hydrogen) atoms. The van der Waals surface area contributed by atoms with Gasteiger partial charge in [0.1, 0.15) is 12.6 Å². The number of rotatable bonds is 10. The number of nitrogens with zero attached hydrogens (tertiary/aromatic N) is 3. The van der Waals surface area contributed by atoms with E-state index in [-0.39, 0.29) is 25.5 Å². The molecule has 3 rings (SSSR count). The fraction of sp³-hybridized carbons (Fsp3) is 0.333. The molecule has 1 aliphatic carbocycles. The normalized spacial score (nSPS) is 12.9. The van der Waals surface area contributed by atoms with Gasteiger partial charge in [0.15, 0.2) is 0 Å². The van der Waals surface area contributed by atoms with Crippen LogP contribution < -0.4 is 10.6 Å². The highest BCUT2D eigenvalue weighted by molar-refractivity contribution is 5.81. The van der Waals surface area contributed by atoms with Crippen molar-refractivity contribution in [3.05, 3.63) is 70.1 Å². The minimum Gasteiger partial charge on any atom is -0.480 e. The molecule has 1 amide bonds. The van der Waals surface area contributed by atoms with E-state index in [0.717, 1.165) is 22.3 Å². The van der Waals surface area contributed by atoms with Crippen molar-refractivity contribution >= 4 is 12.1 Å². The third-order valence-corrected chi connectivity index (χ3v) is 5.00. The van der Waals surface area contributed by atoms with E-state index in [2.05, 4.69) is 20.7 Å². The Bertz CT molecular complexity index is 912. The van der Waals surface area contributed by atoms with Gasteiger partial charge in [-0.25, -0.2) is 9.59 Å². The predicted octanol–water partition coefficient (Wildman–Crippen LogP) is 3.27. The smallest absolute Gasteiger partial charge is 0.407 e. The molecule has 0 aromatic heterocycles. The van der Waals surface area contributed by atoms with Gasteiger partial charge >= 0.3 is 12.1 Å². The van der Waals surface area contributed by atoms with Crippen molar-refractivity contribution in [2.75, 3.05) is 26.2 Å². The number of carboxylic acid groups (broad SMARTS) is 1. The highest BCUT2D eigenvalue weighted by Gasteiger charge is 2.29. The number of hydrogen-bond donors (Lipinski definition) is 3. The van der Waals surface area contributed by atoms with E-state index in [1.54, 1.807) is 0 Å². The zero-order valence-electron chi connectivity index (χ0n) is 16.3. The molecule has 0 radical (unpaired) electrons. The fourth-order valence-electron chi connectivity index (χ4n) is 3.58. The number of carboxylic acids is 1. The monoisotopic (exact) mass is 409 g/mol. The zero-order valence-corrected chi connectivity index (χ0v) is 16.3. The lowest BCUT2D eigenvalue weighted by molar-refractivity contribution is -0.139. The molecule has 2 aromatic carbocycles. The van der Waals surface area contributed by atoms with Gasteiger partial charge in [0, 0.05) is 23.9 Å². The van der Waals surface area contributed by atoms with Crippen LogP contribution >= 0.6 is 0 Å². The second-order valence-electron chi connectivity index (χ2n) is 6.85. The van der Waals surface area contributed by atoms with Gasteiger partial charge in [0.2, 0.25) is 0 Å². The first kappa shape index (κ1) is 21.2. The van der Waals surface area contributed by atoms with Gasteiger partial charge in [-0.15, -0.1) is 0 Å². The summed E-state index contributed by atoms with van der Waals surface area (Å²) < 4.78 is 5.39. The molecule has 0 saturated heterocycles. The van der Waals surface area contributed by atoms with Crippen molar-refractivity contribution in [2.24, 2.45) is 5.11 Å². The average molecular weight is 409 g/mol. The largest absolute Gasteiger partial charge is 0.480 e. The molecule has 9 nitrogen and oxygen atoms in total. The molecule has 1 aliphatic rings. The van der Waals surface area contributed by atoms with Gasteiger partial charge in [-0.3, -0.25) is 0 Å². The Hall–Kier alpha value is -3.55. The van der Waals surface area contributed by atoms with E-state index in [4.69, 9.17) is 10.3 Å². The molecule has 0 heterocycles. The van der Waals surface area contributed by atoms with Crippen LogP contribution in [0.25, 0.3) is 21.6 Å². The number of carbonyl (C=O) groups is 2. The first-order valence-electron chi connectivity index (χ1n) is 9.67. The molecule has 0 bridgehead atoms. The number of fused-ring (bicyclic) bond motifs is 3. The SMILES string of the molecule is [N-]=[N+]=NCCNCC[C@H](NC(=O)OCC1c2ccccc2-c2ccccc21)C(=O)O. The van der Waals surface area contributed by atoms with Crippen molar-refractivity contribution in [1.29, 1.82) is 0 Å². The van der Waals surface area contributed by atoms with E-state index in [1.165, 1.54) is 0 Å². The van der Waals surface area contributed by atoms with Gasteiger partial charge < -0.3 is 20.5 Å². The van der Waals surface area contributed by atoms with Crippen LogP contribution in [0.4, 0.5) is 4.79 Å². The second-order valence-corrected chi connectivity index (χ2v) is 6.85. The second kappa shape index (κ2) is 10.3. The Labute approximate surface area is 173 Å². The summed E-state index contributed by atoms with van der Waals surface area (Å²) in [6.07, 6.45) is -0.589. The number of azide groups is 1. The van der Waals surface area contributed by atoms with Crippen LogP contribution in [0, 0.1) is 0 Å². The summed E-state index contributed by atoms with van der Waals surface area (Å²) in [4.78, 5) is 26.3. The number of hydrogen-bond acceptors (Lipinski definition) is 5. The van der Waals surface area contributed by atoms with Gasteiger partial charge in [-0.2, -0.15) is 0 Å². The molecule has 9 heteroatoms. The van der Waals surface area contributed by atoms with Crippen LogP contribution in [-0.2, 0) is 9.53 Å². The Morgan fingerprint density at radius 1 is 1.10 bits per heavy atom. The van der Waals surface area contributed by atoms with Gasteiger partial charge in [-0.05, 0) is 40.8 Å². The number of nitrogens with one attached hydrogen (secondary N) is 2. The third kappa shape index (κ3) is 5.08. The molecule has 0 fully saturated rings. The van der Waals surface area contributed by atoms with Gasteiger partial charge in [0.25, 0.3) is 0 Å². The minimum absolute atomic E-state index is 0.0891. The number of alkyl carbamates (subject to hydrolysis) is 1. The van der Waals surface area contributed by atoms with Crippen molar-refractivity contribution in [2.45, 2.75) is 18.4 Å². The van der Waals surface area contributed by atoms with E-state index >= 15 is 0 Å². The Balaban J connectivity index is 1.54. The summed E-state index contributed by atoms with van der Waals surface area (Å²) in [5, 5.41) is 18.1. The highest BCUT2D eigenvalue weighted by Crippen LogP contribution is 2.44. The molecule has 1 atom stereocenters. The number of amides is 1. The number of ether oxygens (including phenoxy) is 1. The number of aliphatic carboxylic acids is 1. The van der Waals surface area contributed by atoms with Crippen LogP contribution in [0.1, 0.15) is 23.5 Å². The zero-order chi connectivity index (χ0) is 21.3. The fourth-order valence-corrected chi connectivity index (χ4v) is 3.58. The Morgan fingerprint density at radius 3 is 2.33 bits per heavy atom. The summed E-state index contributed by atoms with van der Waals surface area (Å²) in [6.45, 7) is 1.17. The quantitative estimate of drug-likeness (QED) is 0.239. The van der Waals surface area contributed by atoms with Crippen LogP contribution in [-0.4, -0.2) is 49.5 Å². The maximum Gasteiger partial charge on any atom is 0.407 e. The van der Waals surface area contributed by atoms with Crippen LogP contribution in [0.2, 0.25) is 0 Å². The molecule has 3 N–H and O–H groups in total. The van der Waals surface area contributed by atoms with E-state index in [0.29, 0.717) is 13.1 Å². The van der Waals surface area contributed by atoms with Crippen molar-refractivity contribution < 1.29 is 19.4 Å². The topological polar surface area (TPSA) is 136 Å². The first-order chi connectivity index (χ1) is 14.6. The summed E-state index contributed by atoms with van der Waals surface area (Å²) >= 11 is 0. The van der Waals surface area contributed by atoms with E-state index < -0.39 is 18.1 Å². The summed E-state index contributed by atoms with van der Waals surface area (Å²) in [5.74, 6) is -1.23. The van der Waals surface area contributed by atoms with Gasteiger partial charge in [-0.1, -0.05) is 53.6 Å². The Kier molecular flexibility index (Phi) is 7.26. The standard InChI is InChI=1S/C21H23N5O4/c22-26-24-12-11-23-10-9-19(20(27)28)25-21(29)30-13-18-16-7-3-1-5-14(16)15-6-2-4-8-17(15)18/h1-8,18-19,23H,9-13H2,(H,25,29)(H,27,28)/t19-/m0/s1. The summed E-state index contributed by atoms with van der Waals surface area (Å²) in [5.41, 5.74) is 12.6. The lowest BCUT2D eigenvalue weighted by Crippen LogP contribution is -2.43. The average Bonchev–Trinajstić information content (AvgIpc) is 3.07. The molecule has 0 unspecified atom stereocenters. The molecule has 0 spiro atoms. The van der Waals surface area contributed by atoms with Crippen LogP contribution in [0.15, 0.2) is 53.6 Å². The maximum atomic E-state index is 12.2. The number of carbonyl (C=O) groups excluding carboxylic acids is 1. The van der Waals surface area contributed by atoms with Crippen LogP contribution in [0.3, 0.4) is 0 Å². The highest BCUT2D eigenvalue weighted by atomic mass is 16.5. The maximum absolute atomic E-state index is 12.2. The Morgan fingerprint density at radius 2 is 1.73 bits per heavy atom. The lowest BCUT2D eigenvalue weighted by Gasteiger charge is -2.17. The predicted molar refractivity (Wildman–Crippen MR) is 111 cm³/mol. The van der Waals surface area contributed by atoms with E-state index in [9.17, 15) is 14.7 Å². The van der Waals surface area contributed by atoms with Crippen molar-refractivity contribution in [1.82, 2.24) is 10.6 Å². The summed E-state index contributed by atoms with van der Waals surface area (Å²) in [6, 6.07) is 14.9. The van der Waals surface area contributed by atoms with Crippen molar-refractivity contribution in [3.8, 4) is 11.1 Å². The molecular formula is C21H23N5O4.